The van der Waals surface area contributed by atoms with Crippen molar-refractivity contribution in [3.8, 4) is 5.75 Å². The Morgan fingerprint density at radius 3 is 2.88 bits per heavy atom. The second kappa shape index (κ2) is 9.28. The molecule has 0 radical (unpaired) electrons. The number of hydrogen-bond acceptors (Lipinski definition) is 7. The van der Waals surface area contributed by atoms with Gasteiger partial charge in [0.15, 0.2) is 0 Å². The first-order valence-corrected chi connectivity index (χ1v) is 14.3. The van der Waals surface area contributed by atoms with Gasteiger partial charge in [0.1, 0.15) is 16.9 Å². The molecule has 1 saturated carbocycles. The van der Waals surface area contributed by atoms with Crippen LogP contribution in [-0.4, -0.2) is 48.1 Å². The number of ether oxygens (including phenoxy) is 1. The predicted octanol–water partition coefficient (Wildman–Crippen LogP) is 4.71. The minimum atomic E-state index is -0.850. The lowest BCUT2D eigenvalue weighted by Crippen LogP contribution is -2.34. The Kier molecular flexibility index (Phi) is 5.79. The maximum absolute atomic E-state index is 12.1. The summed E-state index contributed by atoms with van der Waals surface area (Å²) in [4.78, 5) is 29.6. The van der Waals surface area contributed by atoms with Crippen LogP contribution in [0.2, 0.25) is 0 Å². The molecule has 0 bridgehead atoms. The second-order valence-electron chi connectivity index (χ2n) is 11.1. The van der Waals surface area contributed by atoms with Gasteiger partial charge in [-0.3, -0.25) is 14.5 Å². The van der Waals surface area contributed by atoms with Crippen LogP contribution in [0.4, 0.5) is 0 Å². The number of nitrogens with zero attached hydrogens (tertiary/aromatic N) is 4. The number of aromatic nitrogens is 4. The summed E-state index contributed by atoms with van der Waals surface area (Å²) in [6.45, 7) is 4.00. The number of H-pyrrole nitrogens is 1. The number of aliphatic carboxylic acids is 1. The van der Waals surface area contributed by atoms with Crippen molar-refractivity contribution in [1.29, 1.82) is 0 Å². The summed E-state index contributed by atoms with van der Waals surface area (Å²) in [5, 5.41) is 21.6. The zero-order valence-electron chi connectivity index (χ0n) is 22.3. The van der Waals surface area contributed by atoms with Crippen molar-refractivity contribution in [3.63, 3.8) is 0 Å². The molecule has 1 spiro atoms. The number of pyridine rings is 1. The topological polar surface area (TPSA) is 113 Å². The fourth-order valence-corrected chi connectivity index (χ4v) is 7.02. The van der Waals surface area contributed by atoms with Crippen LogP contribution in [0, 0.1) is 6.92 Å². The van der Waals surface area contributed by atoms with Crippen LogP contribution < -0.4 is 10.3 Å². The Morgan fingerprint density at radius 2 is 2.08 bits per heavy atom. The van der Waals surface area contributed by atoms with Gasteiger partial charge in [-0.2, -0.15) is 0 Å². The van der Waals surface area contributed by atoms with Crippen LogP contribution in [0.5, 0.6) is 5.75 Å². The van der Waals surface area contributed by atoms with Gasteiger partial charge < -0.3 is 14.8 Å². The average molecular weight is 556 g/mol. The van der Waals surface area contributed by atoms with E-state index >= 15 is 0 Å². The Labute approximate surface area is 234 Å². The number of carboxylic acid groups (broad SMARTS) is 1. The molecule has 9 nitrogen and oxygen atoms in total. The summed E-state index contributed by atoms with van der Waals surface area (Å²) in [6.07, 6.45) is 1.94. The first-order chi connectivity index (χ1) is 19.3. The van der Waals surface area contributed by atoms with Crippen molar-refractivity contribution in [1.82, 2.24) is 24.9 Å². The van der Waals surface area contributed by atoms with E-state index in [4.69, 9.17) is 4.74 Å². The molecule has 2 aromatic carbocycles. The molecule has 1 fully saturated rings. The summed E-state index contributed by atoms with van der Waals surface area (Å²) in [6, 6.07) is 13.7. The van der Waals surface area contributed by atoms with Crippen LogP contribution >= 0.6 is 11.3 Å². The lowest BCUT2D eigenvalue weighted by Gasteiger charge is -2.25. The molecule has 4 heterocycles. The highest BCUT2D eigenvalue weighted by atomic mass is 32.1. The monoisotopic (exact) mass is 555 g/mol. The van der Waals surface area contributed by atoms with Gasteiger partial charge in [-0.15, -0.1) is 16.4 Å². The molecule has 0 amide bonds. The summed E-state index contributed by atoms with van der Waals surface area (Å²) in [5.74, 6) is -0.436. The molecule has 1 unspecified atom stereocenters. The summed E-state index contributed by atoms with van der Waals surface area (Å²) < 4.78 is 9.30. The lowest BCUT2D eigenvalue weighted by atomic mass is 9.84. The summed E-state index contributed by atoms with van der Waals surface area (Å²) in [5.41, 5.74) is 6.16. The number of fused-ring (bicyclic) bond motifs is 3. The van der Waals surface area contributed by atoms with E-state index < -0.39 is 5.97 Å². The van der Waals surface area contributed by atoms with Crippen molar-refractivity contribution < 1.29 is 14.6 Å². The zero-order valence-corrected chi connectivity index (χ0v) is 23.1. The SMILES string of the molecule is Cc1c(C(CC(=O)O)c2cc(CN3Cc4[nH]c(=O)ccc4OC4(CC4)C3)c3sccc3c2)ccc2c1nnn2C. The molecular weight excluding hydrogens is 526 g/mol. The minimum Gasteiger partial charge on any atom is -0.484 e. The van der Waals surface area contributed by atoms with E-state index in [0.29, 0.717) is 13.1 Å². The number of carboxylic acids is 1. The number of aromatic amines is 1. The predicted molar refractivity (Wildman–Crippen MR) is 153 cm³/mol. The van der Waals surface area contributed by atoms with Gasteiger partial charge in [0.2, 0.25) is 5.56 Å². The number of hydrogen-bond donors (Lipinski definition) is 2. The minimum absolute atomic E-state index is 0.0308. The van der Waals surface area contributed by atoms with E-state index in [9.17, 15) is 14.7 Å². The number of rotatable bonds is 6. The highest BCUT2D eigenvalue weighted by Crippen LogP contribution is 2.44. The van der Waals surface area contributed by atoms with Crippen molar-refractivity contribution in [3.05, 3.63) is 86.1 Å². The number of nitrogens with one attached hydrogen (secondary N) is 1. The first kappa shape index (κ1) is 25.0. The highest BCUT2D eigenvalue weighted by Gasteiger charge is 2.48. The van der Waals surface area contributed by atoms with Crippen molar-refractivity contribution in [2.24, 2.45) is 7.05 Å². The second-order valence-corrected chi connectivity index (χ2v) is 12.0. The number of carbonyl (C=O) groups is 1. The molecule has 2 N–H and O–H groups in total. The van der Waals surface area contributed by atoms with E-state index in [1.54, 1.807) is 22.1 Å². The molecule has 10 heteroatoms. The van der Waals surface area contributed by atoms with Crippen molar-refractivity contribution in [2.75, 3.05) is 6.54 Å². The largest absolute Gasteiger partial charge is 0.484 e. The lowest BCUT2D eigenvalue weighted by molar-refractivity contribution is -0.137. The highest BCUT2D eigenvalue weighted by molar-refractivity contribution is 7.17. The fourth-order valence-electron chi connectivity index (χ4n) is 6.13. The van der Waals surface area contributed by atoms with Crippen molar-refractivity contribution >= 4 is 38.4 Å². The molecule has 0 saturated heterocycles. The van der Waals surface area contributed by atoms with E-state index in [1.165, 1.54) is 10.8 Å². The van der Waals surface area contributed by atoms with Gasteiger partial charge in [0.25, 0.3) is 0 Å². The molecule has 2 aliphatic rings. The van der Waals surface area contributed by atoms with Crippen molar-refractivity contribution in [2.45, 2.75) is 50.8 Å². The van der Waals surface area contributed by atoms with Gasteiger partial charge in [0.05, 0.1) is 17.6 Å². The maximum atomic E-state index is 12.1. The van der Waals surface area contributed by atoms with Crippen LogP contribution in [0.3, 0.4) is 0 Å². The summed E-state index contributed by atoms with van der Waals surface area (Å²) in [7, 11) is 1.85. The third kappa shape index (κ3) is 4.37. The Hall–Kier alpha value is -4.02. The van der Waals surface area contributed by atoms with Gasteiger partial charge >= 0.3 is 5.97 Å². The standard InChI is InChI=1S/C30H29N5O4S/c1-17-21(3-4-24-28(17)32-33-34(24)2)22(13-27(37)38)19-11-18-7-10-40-29(18)20(12-19)14-35-15-23-25(5-6-26(36)31-23)39-30(16-35)8-9-30/h3-7,10-12,22H,8-9,13-16H2,1-2H3,(H,31,36)(H,37,38). The summed E-state index contributed by atoms with van der Waals surface area (Å²) >= 11 is 1.70. The van der Waals surface area contributed by atoms with Crippen LogP contribution in [0.25, 0.3) is 21.1 Å². The fraction of sp³-hybridized carbons (Fsp3) is 0.333. The third-order valence-electron chi connectivity index (χ3n) is 8.27. The average Bonchev–Trinajstić information content (AvgIpc) is 3.34. The molecule has 7 rings (SSSR count). The van der Waals surface area contributed by atoms with Gasteiger partial charge in [0, 0.05) is 43.4 Å². The number of thiophene rings is 1. The Morgan fingerprint density at radius 1 is 1.23 bits per heavy atom. The first-order valence-electron chi connectivity index (χ1n) is 13.4. The normalized spacial score (nSPS) is 17.1. The molecule has 5 aromatic rings. The quantitative estimate of drug-likeness (QED) is 0.312. The van der Waals surface area contributed by atoms with Gasteiger partial charge in [-0.25, -0.2) is 4.68 Å². The maximum Gasteiger partial charge on any atom is 0.304 e. The molecule has 204 valence electrons. The Balaban J connectivity index is 1.30. The number of aryl methyl sites for hydroxylation is 2. The molecule has 40 heavy (non-hydrogen) atoms. The molecular formula is C30H29N5O4S. The van der Waals surface area contributed by atoms with E-state index in [1.807, 2.05) is 26.1 Å². The van der Waals surface area contributed by atoms with Crippen LogP contribution in [0.1, 0.15) is 53.1 Å². The Bertz CT molecular complexity index is 1850. The third-order valence-corrected chi connectivity index (χ3v) is 9.27. The molecule has 1 aliphatic carbocycles. The molecule has 1 atom stereocenters. The zero-order chi connectivity index (χ0) is 27.6. The molecule has 3 aromatic heterocycles. The number of benzene rings is 2. The van der Waals surface area contributed by atoms with E-state index in [-0.39, 0.29) is 23.5 Å². The van der Waals surface area contributed by atoms with Crippen LogP contribution in [-0.2, 0) is 24.9 Å². The van der Waals surface area contributed by atoms with Gasteiger partial charge in [-0.05, 0) is 77.1 Å². The van der Waals surface area contributed by atoms with Gasteiger partial charge in [-0.1, -0.05) is 17.3 Å². The van der Waals surface area contributed by atoms with E-state index in [2.05, 4.69) is 43.8 Å². The molecule has 1 aliphatic heterocycles. The smallest absolute Gasteiger partial charge is 0.304 e. The van der Waals surface area contributed by atoms with E-state index in [0.717, 1.165) is 69.5 Å². The van der Waals surface area contributed by atoms with Crippen LogP contribution in [0.15, 0.2) is 52.6 Å².